The molecule has 0 saturated heterocycles. The zero-order valence-electron chi connectivity index (χ0n) is 10.7. The molecule has 3 rings (SSSR count). The number of ether oxygens (including phenoxy) is 1. The van der Waals surface area contributed by atoms with Crippen LogP contribution in [-0.4, -0.2) is 11.9 Å². The fraction of sp³-hybridized carbons (Fsp3) is 0. The minimum atomic E-state index is -0.440. The van der Waals surface area contributed by atoms with E-state index in [0.717, 1.165) is 20.1 Å². The molecule has 104 valence electrons. The van der Waals surface area contributed by atoms with Gasteiger partial charge in [-0.05, 0) is 42.0 Å². The summed E-state index contributed by atoms with van der Waals surface area (Å²) in [6.45, 7) is 0. The van der Waals surface area contributed by atoms with Crippen LogP contribution in [0.4, 0.5) is 0 Å². The number of cyclic esters (lactones) is 1. The largest absolute Gasteiger partial charge is 0.402 e. The zero-order valence-corrected chi connectivity index (χ0v) is 13.9. The van der Waals surface area contributed by atoms with Crippen molar-refractivity contribution in [2.45, 2.75) is 0 Å². The number of benzene rings is 2. The Balaban J connectivity index is 1.95. The highest BCUT2D eigenvalue weighted by atomic mass is 79.9. The molecule has 0 aromatic heterocycles. The summed E-state index contributed by atoms with van der Waals surface area (Å²) in [5, 5.41) is 0. The summed E-state index contributed by atoms with van der Waals surface area (Å²) in [5.74, 6) is -0.118. The maximum Gasteiger partial charge on any atom is 0.363 e. The van der Waals surface area contributed by atoms with E-state index in [2.05, 4.69) is 36.9 Å². The summed E-state index contributed by atoms with van der Waals surface area (Å²) in [4.78, 5) is 16.2. The second-order valence-corrected chi connectivity index (χ2v) is 6.23. The molecule has 0 amide bonds. The Bertz CT molecular complexity index is 781. The van der Waals surface area contributed by atoms with E-state index < -0.39 is 5.97 Å². The van der Waals surface area contributed by atoms with Gasteiger partial charge in [-0.25, -0.2) is 9.79 Å². The number of rotatable bonds is 2. The van der Waals surface area contributed by atoms with Crippen molar-refractivity contribution in [3.63, 3.8) is 0 Å². The third kappa shape index (κ3) is 3.31. The van der Waals surface area contributed by atoms with Gasteiger partial charge in [0.2, 0.25) is 5.90 Å². The number of aliphatic imine (C=N–C) groups is 1. The van der Waals surface area contributed by atoms with Crippen LogP contribution in [0.1, 0.15) is 11.1 Å². The lowest BCUT2D eigenvalue weighted by Crippen LogP contribution is -2.05. The highest BCUT2D eigenvalue weighted by molar-refractivity contribution is 9.10. The standard InChI is InChI=1S/C16H9Br2NO2/c17-12-5-1-3-10(7-12)8-14-16(20)21-15(19-14)11-4-2-6-13(18)9-11/h1-9H. The first-order chi connectivity index (χ1) is 10.1. The molecule has 5 heteroatoms. The highest BCUT2D eigenvalue weighted by Gasteiger charge is 2.24. The van der Waals surface area contributed by atoms with E-state index in [1.54, 1.807) is 6.08 Å². The van der Waals surface area contributed by atoms with E-state index in [-0.39, 0.29) is 0 Å². The van der Waals surface area contributed by atoms with Gasteiger partial charge < -0.3 is 4.74 Å². The Morgan fingerprint density at radius 3 is 2.43 bits per heavy atom. The normalized spacial score (nSPS) is 16.0. The third-order valence-electron chi connectivity index (χ3n) is 2.84. The molecule has 0 unspecified atom stereocenters. The van der Waals surface area contributed by atoms with E-state index in [0.29, 0.717) is 11.6 Å². The van der Waals surface area contributed by atoms with Gasteiger partial charge in [0.05, 0.1) is 0 Å². The average Bonchev–Trinajstić information content (AvgIpc) is 2.80. The first-order valence-electron chi connectivity index (χ1n) is 6.16. The van der Waals surface area contributed by atoms with Crippen LogP contribution in [-0.2, 0) is 9.53 Å². The average molecular weight is 407 g/mol. The monoisotopic (exact) mass is 405 g/mol. The van der Waals surface area contributed by atoms with Gasteiger partial charge in [0.15, 0.2) is 5.70 Å². The Labute approximate surface area is 138 Å². The predicted octanol–water partition coefficient (Wildman–Crippen LogP) is 4.56. The van der Waals surface area contributed by atoms with Crippen molar-refractivity contribution < 1.29 is 9.53 Å². The molecule has 3 nitrogen and oxygen atoms in total. The van der Waals surface area contributed by atoms with E-state index in [4.69, 9.17) is 4.74 Å². The van der Waals surface area contributed by atoms with Crippen molar-refractivity contribution in [2.75, 3.05) is 0 Å². The fourth-order valence-electron chi connectivity index (χ4n) is 1.91. The number of carbonyl (C=O) groups is 1. The van der Waals surface area contributed by atoms with Crippen LogP contribution in [0, 0.1) is 0 Å². The number of halogens is 2. The van der Waals surface area contributed by atoms with Crippen LogP contribution >= 0.6 is 31.9 Å². The molecular formula is C16H9Br2NO2. The van der Waals surface area contributed by atoms with Crippen molar-refractivity contribution in [1.29, 1.82) is 0 Å². The summed E-state index contributed by atoms with van der Waals surface area (Å²) >= 11 is 6.78. The van der Waals surface area contributed by atoms with Gasteiger partial charge in [0.1, 0.15) is 0 Å². The van der Waals surface area contributed by atoms with Gasteiger partial charge in [-0.1, -0.05) is 50.1 Å². The highest BCUT2D eigenvalue weighted by Crippen LogP contribution is 2.22. The number of esters is 1. The maximum absolute atomic E-state index is 11.9. The molecule has 21 heavy (non-hydrogen) atoms. The molecule has 0 radical (unpaired) electrons. The molecule has 2 aromatic carbocycles. The third-order valence-corrected chi connectivity index (χ3v) is 3.83. The Hall–Kier alpha value is -1.72. The van der Waals surface area contributed by atoms with Crippen molar-refractivity contribution in [2.24, 2.45) is 4.99 Å². The fourth-order valence-corrected chi connectivity index (χ4v) is 2.72. The van der Waals surface area contributed by atoms with Crippen LogP contribution in [0.3, 0.4) is 0 Å². The number of hydrogen-bond acceptors (Lipinski definition) is 3. The molecule has 0 aliphatic carbocycles. The maximum atomic E-state index is 11.9. The smallest absolute Gasteiger partial charge is 0.363 e. The molecule has 0 saturated carbocycles. The van der Waals surface area contributed by atoms with Gasteiger partial charge in [0.25, 0.3) is 0 Å². The van der Waals surface area contributed by atoms with Gasteiger partial charge in [0, 0.05) is 14.5 Å². The zero-order chi connectivity index (χ0) is 14.8. The molecule has 0 fully saturated rings. The minimum absolute atomic E-state index is 0.295. The van der Waals surface area contributed by atoms with Gasteiger partial charge in [-0.15, -0.1) is 0 Å². The first-order valence-corrected chi connectivity index (χ1v) is 7.74. The van der Waals surface area contributed by atoms with Crippen LogP contribution in [0.2, 0.25) is 0 Å². The Morgan fingerprint density at radius 1 is 1.00 bits per heavy atom. The molecular weight excluding hydrogens is 398 g/mol. The molecule has 1 aliphatic heterocycles. The molecule has 1 heterocycles. The molecule has 0 bridgehead atoms. The molecule has 0 spiro atoms. The van der Waals surface area contributed by atoms with E-state index in [1.165, 1.54) is 0 Å². The van der Waals surface area contributed by atoms with Crippen molar-refractivity contribution in [1.82, 2.24) is 0 Å². The van der Waals surface area contributed by atoms with E-state index in [9.17, 15) is 4.79 Å². The lowest BCUT2D eigenvalue weighted by Gasteiger charge is -1.99. The van der Waals surface area contributed by atoms with Crippen LogP contribution < -0.4 is 0 Å². The predicted molar refractivity (Wildman–Crippen MR) is 88.9 cm³/mol. The van der Waals surface area contributed by atoms with Crippen LogP contribution in [0.25, 0.3) is 6.08 Å². The van der Waals surface area contributed by atoms with Gasteiger partial charge >= 0.3 is 5.97 Å². The summed E-state index contributed by atoms with van der Waals surface area (Å²) in [6, 6.07) is 15.1. The number of carbonyl (C=O) groups excluding carboxylic acids is 1. The lowest BCUT2D eigenvalue weighted by molar-refractivity contribution is -0.129. The van der Waals surface area contributed by atoms with Crippen molar-refractivity contribution >= 4 is 49.8 Å². The second kappa shape index (κ2) is 5.95. The second-order valence-electron chi connectivity index (χ2n) is 4.40. The SMILES string of the molecule is O=C1OC(c2cccc(Br)c2)=NC1=Cc1cccc(Br)c1. The molecule has 1 aliphatic rings. The molecule has 0 atom stereocenters. The van der Waals surface area contributed by atoms with Crippen LogP contribution in [0.15, 0.2) is 68.2 Å². The summed E-state index contributed by atoms with van der Waals surface area (Å²) in [7, 11) is 0. The molecule has 2 aromatic rings. The topological polar surface area (TPSA) is 38.7 Å². The molecule has 0 N–H and O–H groups in total. The summed E-state index contributed by atoms with van der Waals surface area (Å²) in [5.41, 5.74) is 1.94. The Kier molecular flexibility index (Phi) is 4.03. The first kappa shape index (κ1) is 14.2. The summed E-state index contributed by atoms with van der Waals surface area (Å²) in [6.07, 6.45) is 1.71. The minimum Gasteiger partial charge on any atom is -0.402 e. The summed E-state index contributed by atoms with van der Waals surface area (Å²) < 4.78 is 7.08. The van der Waals surface area contributed by atoms with Gasteiger partial charge in [-0.2, -0.15) is 0 Å². The number of hydrogen-bond donors (Lipinski definition) is 0. The Morgan fingerprint density at radius 2 is 1.71 bits per heavy atom. The van der Waals surface area contributed by atoms with Crippen LogP contribution in [0.5, 0.6) is 0 Å². The quantitative estimate of drug-likeness (QED) is 0.541. The lowest BCUT2D eigenvalue weighted by atomic mass is 10.2. The van der Waals surface area contributed by atoms with Gasteiger partial charge in [-0.3, -0.25) is 0 Å². The van der Waals surface area contributed by atoms with Crippen molar-refractivity contribution in [3.8, 4) is 0 Å². The van der Waals surface area contributed by atoms with E-state index in [1.807, 2.05) is 48.5 Å². The number of nitrogens with zero attached hydrogens (tertiary/aromatic N) is 1. The van der Waals surface area contributed by atoms with E-state index >= 15 is 0 Å². The van der Waals surface area contributed by atoms with Crippen molar-refractivity contribution in [3.05, 3.63) is 74.3 Å².